The third-order valence-electron chi connectivity index (χ3n) is 3.35. The fraction of sp³-hybridized carbons (Fsp3) is 0.571. The van der Waals surface area contributed by atoms with Crippen LogP contribution in [0.4, 0.5) is 4.39 Å². The van der Waals surface area contributed by atoms with Gasteiger partial charge < -0.3 is 10.1 Å². The van der Waals surface area contributed by atoms with Gasteiger partial charge in [0.1, 0.15) is 5.82 Å². The van der Waals surface area contributed by atoms with Crippen molar-refractivity contribution in [1.82, 2.24) is 5.32 Å². The number of rotatable bonds is 5. The summed E-state index contributed by atoms with van der Waals surface area (Å²) < 4.78 is 19.1. The molecule has 4 heteroatoms. The molecule has 1 fully saturated rings. The van der Waals surface area contributed by atoms with Gasteiger partial charge in [0.25, 0.3) is 0 Å². The maximum atomic E-state index is 13.4. The Labute approximate surface area is 112 Å². The summed E-state index contributed by atoms with van der Waals surface area (Å²) in [7, 11) is 0. The molecule has 2 unspecified atom stereocenters. The SMILES string of the molecule is CCNC(Cc1cccc(F)c1Cl)C1CCCO1. The van der Waals surface area contributed by atoms with Crippen LogP contribution < -0.4 is 5.32 Å². The second-order valence-electron chi connectivity index (χ2n) is 4.63. The molecule has 0 radical (unpaired) electrons. The van der Waals surface area contributed by atoms with Gasteiger partial charge in [-0.2, -0.15) is 0 Å². The number of hydrogen-bond donors (Lipinski definition) is 1. The number of ether oxygens (including phenoxy) is 1. The van der Waals surface area contributed by atoms with Crippen LogP contribution in [0.25, 0.3) is 0 Å². The first-order valence-corrected chi connectivity index (χ1v) is 6.88. The van der Waals surface area contributed by atoms with Gasteiger partial charge >= 0.3 is 0 Å². The summed E-state index contributed by atoms with van der Waals surface area (Å²) in [5.74, 6) is -0.350. The van der Waals surface area contributed by atoms with Crippen molar-refractivity contribution in [3.8, 4) is 0 Å². The molecular weight excluding hydrogens is 253 g/mol. The van der Waals surface area contributed by atoms with Gasteiger partial charge in [0, 0.05) is 12.6 Å². The molecular formula is C14H19ClFNO. The lowest BCUT2D eigenvalue weighted by Gasteiger charge is -2.24. The number of benzene rings is 1. The van der Waals surface area contributed by atoms with Crippen molar-refractivity contribution in [2.24, 2.45) is 0 Å². The fourth-order valence-electron chi connectivity index (χ4n) is 2.46. The van der Waals surface area contributed by atoms with Gasteiger partial charge in [0.05, 0.1) is 11.1 Å². The van der Waals surface area contributed by atoms with Gasteiger partial charge in [-0.25, -0.2) is 4.39 Å². The Bertz CT molecular complexity index is 393. The van der Waals surface area contributed by atoms with Crippen LogP contribution in [-0.4, -0.2) is 25.3 Å². The van der Waals surface area contributed by atoms with E-state index in [0.29, 0.717) is 6.42 Å². The number of halogens is 2. The second-order valence-corrected chi connectivity index (χ2v) is 5.01. The van der Waals surface area contributed by atoms with Crippen LogP contribution >= 0.6 is 11.6 Å². The van der Waals surface area contributed by atoms with Gasteiger partial charge in [0.15, 0.2) is 0 Å². The first-order valence-electron chi connectivity index (χ1n) is 6.50. The van der Waals surface area contributed by atoms with E-state index in [4.69, 9.17) is 16.3 Å². The van der Waals surface area contributed by atoms with Gasteiger partial charge in [-0.15, -0.1) is 0 Å². The van der Waals surface area contributed by atoms with Crippen LogP contribution in [0.15, 0.2) is 18.2 Å². The molecule has 1 heterocycles. The molecule has 1 saturated heterocycles. The van der Waals surface area contributed by atoms with Crippen molar-refractivity contribution in [2.45, 2.75) is 38.3 Å². The van der Waals surface area contributed by atoms with E-state index in [1.165, 1.54) is 6.07 Å². The quantitative estimate of drug-likeness (QED) is 0.888. The van der Waals surface area contributed by atoms with Crippen molar-refractivity contribution in [3.05, 3.63) is 34.6 Å². The average Bonchev–Trinajstić information content (AvgIpc) is 2.88. The Morgan fingerprint density at radius 3 is 3.06 bits per heavy atom. The lowest BCUT2D eigenvalue weighted by Crippen LogP contribution is -2.41. The minimum atomic E-state index is -0.350. The van der Waals surface area contributed by atoms with Crippen LogP contribution in [0.3, 0.4) is 0 Å². The monoisotopic (exact) mass is 271 g/mol. The molecule has 1 aliphatic heterocycles. The molecule has 1 N–H and O–H groups in total. The Morgan fingerprint density at radius 1 is 1.56 bits per heavy atom. The standard InChI is InChI=1S/C14H19ClFNO/c1-2-17-12(13-7-4-8-18-13)9-10-5-3-6-11(16)14(10)15/h3,5-6,12-13,17H,2,4,7-9H2,1H3. The topological polar surface area (TPSA) is 21.3 Å². The Kier molecular flexibility index (Phi) is 4.98. The van der Waals surface area contributed by atoms with Crippen LogP contribution in [0.2, 0.25) is 5.02 Å². The van der Waals surface area contributed by atoms with Crippen LogP contribution in [0.5, 0.6) is 0 Å². The highest BCUT2D eigenvalue weighted by atomic mass is 35.5. The third kappa shape index (κ3) is 3.22. The molecule has 0 aliphatic carbocycles. The predicted molar refractivity (Wildman–Crippen MR) is 71.6 cm³/mol. The summed E-state index contributed by atoms with van der Waals surface area (Å²) in [5, 5.41) is 3.65. The van der Waals surface area contributed by atoms with E-state index in [2.05, 4.69) is 12.2 Å². The highest BCUT2D eigenvalue weighted by Crippen LogP contribution is 2.24. The van der Waals surface area contributed by atoms with E-state index >= 15 is 0 Å². The number of likely N-dealkylation sites (N-methyl/N-ethyl adjacent to an activating group) is 1. The molecule has 0 bridgehead atoms. The summed E-state index contributed by atoms with van der Waals surface area (Å²) in [6.07, 6.45) is 3.08. The van der Waals surface area contributed by atoms with E-state index in [0.717, 1.165) is 31.6 Å². The summed E-state index contributed by atoms with van der Waals surface area (Å²) in [5.41, 5.74) is 0.845. The van der Waals surface area contributed by atoms with Crippen molar-refractivity contribution >= 4 is 11.6 Å². The highest BCUT2D eigenvalue weighted by molar-refractivity contribution is 6.31. The molecule has 0 aromatic heterocycles. The minimum Gasteiger partial charge on any atom is -0.377 e. The average molecular weight is 272 g/mol. The van der Waals surface area contributed by atoms with Gasteiger partial charge in [0.2, 0.25) is 0 Å². The third-order valence-corrected chi connectivity index (χ3v) is 3.77. The van der Waals surface area contributed by atoms with Gasteiger partial charge in [-0.05, 0) is 37.4 Å². The normalized spacial score (nSPS) is 21.2. The number of hydrogen-bond acceptors (Lipinski definition) is 2. The van der Waals surface area contributed by atoms with Crippen LogP contribution in [0, 0.1) is 5.82 Å². The largest absolute Gasteiger partial charge is 0.377 e. The molecule has 18 heavy (non-hydrogen) atoms. The first kappa shape index (κ1) is 13.8. The second kappa shape index (κ2) is 6.50. The Hall–Kier alpha value is -0.640. The highest BCUT2D eigenvalue weighted by Gasteiger charge is 2.26. The smallest absolute Gasteiger partial charge is 0.142 e. The lowest BCUT2D eigenvalue weighted by molar-refractivity contribution is 0.0789. The molecule has 2 rings (SSSR count). The van der Waals surface area contributed by atoms with Crippen molar-refractivity contribution in [2.75, 3.05) is 13.2 Å². The summed E-state index contributed by atoms with van der Waals surface area (Å²) in [6, 6.07) is 5.18. The molecule has 0 saturated carbocycles. The van der Waals surface area contributed by atoms with Gasteiger partial charge in [-0.1, -0.05) is 30.7 Å². The zero-order valence-corrected chi connectivity index (χ0v) is 11.3. The zero-order chi connectivity index (χ0) is 13.0. The van der Waals surface area contributed by atoms with E-state index in [1.54, 1.807) is 6.07 Å². The zero-order valence-electron chi connectivity index (χ0n) is 10.6. The number of nitrogens with one attached hydrogen (secondary N) is 1. The Morgan fingerprint density at radius 2 is 2.39 bits per heavy atom. The molecule has 1 aromatic rings. The maximum Gasteiger partial charge on any atom is 0.142 e. The predicted octanol–water partition coefficient (Wildman–Crippen LogP) is 3.18. The minimum absolute atomic E-state index is 0.205. The molecule has 100 valence electrons. The summed E-state index contributed by atoms with van der Waals surface area (Å²) in [4.78, 5) is 0. The lowest BCUT2D eigenvalue weighted by atomic mass is 9.99. The van der Waals surface area contributed by atoms with Crippen molar-refractivity contribution in [1.29, 1.82) is 0 Å². The molecule has 1 aromatic carbocycles. The fourth-order valence-corrected chi connectivity index (χ4v) is 2.66. The molecule has 0 spiro atoms. The van der Waals surface area contributed by atoms with Crippen LogP contribution in [0.1, 0.15) is 25.3 Å². The summed E-state index contributed by atoms with van der Waals surface area (Å²) in [6.45, 7) is 3.76. The molecule has 1 aliphatic rings. The van der Waals surface area contributed by atoms with E-state index < -0.39 is 0 Å². The van der Waals surface area contributed by atoms with E-state index in [-0.39, 0.29) is 23.0 Å². The van der Waals surface area contributed by atoms with Crippen LogP contribution in [-0.2, 0) is 11.2 Å². The summed E-state index contributed by atoms with van der Waals surface area (Å²) >= 11 is 6.00. The van der Waals surface area contributed by atoms with Crippen molar-refractivity contribution in [3.63, 3.8) is 0 Å². The van der Waals surface area contributed by atoms with E-state index in [9.17, 15) is 4.39 Å². The molecule has 0 amide bonds. The molecule has 2 atom stereocenters. The first-order chi connectivity index (χ1) is 8.72. The van der Waals surface area contributed by atoms with E-state index in [1.807, 2.05) is 6.07 Å². The maximum absolute atomic E-state index is 13.4. The van der Waals surface area contributed by atoms with Crippen molar-refractivity contribution < 1.29 is 9.13 Å². The van der Waals surface area contributed by atoms with Gasteiger partial charge in [-0.3, -0.25) is 0 Å². The Balaban J connectivity index is 2.10. The molecule has 2 nitrogen and oxygen atoms in total.